The van der Waals surface area contributed by atoms with Crippen molar-refractivity contribution in [2.24, 2.45) is 0 Å². The van der Waals surface area contributed by atoms with Gasteiger partial charge in [0, 0.05) is 5.39 Å². The molecule has 1 aliphatic rings. The van der Waals surface area contributed by atoms with E-state index in [1.165, 1.54) is 0 Å². The minimum absolute atomic E-state index is 0.0808. The summed E-state index contributed by atoms with van der Waals surface area (Å²) < 4.78 is 5.31. The highest BCUT2D eigenvalue weighted by Crippen LogP contribution is 2.41. The summed E-state index contributed by atoms with van der Waals surface area (Å²) in [6, 6.07) is 7.34. The molecule has 0 N–H and O–H groups in total. The Kier molecular flexibility index (Phi) is 2.91. The Hall–Kier alpha value is -0.930. The van der Waals surface area contributed by atoms with E-state index in [4.69, 9.17) is 16.0 Å². The molecule has 18 heavy (non-hydrogen) atoms. The Morgan fingerprint density at radius 1 is 1.50 bits per heavy atom. The topological polar surface area (TPSA) is 30.2 Å². The summed E-state index contributed by atoms with van der Waals surface area (Å²) in [5.41, 5.74) is 0.606. The lowest BCUT2D eigenvalue weighted by atomic mass is 9.98. The fraction of sp³-hybridized carbons (Fsp3) is 0.357. The predicted molar refractivity (Wildman–Crippen MR) is 75.7 cm³/mol. The van der Waals surface area contributed by atoms with Crippen molar-refractivity contribution < 1.29 is 9.21 Å². The number of carbonyl (C=O) groups is 1. The number of fused-ring (bicyclic) bond motifs is 1. The van der Waals surface area contributed by atoms with Crippen molar-refractivity contribution in [3.8, 4) is 0 Å². The Bertz CT molecular complexity index is 611. The molecule has 1 aromatic carbocycles. The third kappa shape index (κ3) is 1.86. The zero-order valence-electron chi connectivity index (χ0n) is 10.0. The van der Waals surface area contributed by atoms with Crippen LogP contribution in [-0.2, 0) is 0 Å². The van der Waals surface area contributed by atoms with Crippen LogP contribution in [-0.4, -0.2) is 16.3 Å². The summed E-state index contributed by atoms with van der Waals surface area (Å²) in [7, 11) is 0. The Labute approximate surface area is 115 Å². The van der Waals surface area contributed by atoms with E-state index >= 15 is 0 Å². The highest BCUT2D eigenvalue weighted by molar-refractivity contribution is 8.01. The van der Waals surface area contributed by atoms with Crippen LogP contribution >= 0.6 is 23.4 Å². The van der Waals surface area contributed by atoms with Crippen LogP contribution in [0.1, 0.15) is 30.3 Å². The maximum atomic E-state index is 12.5. The van der Waals surface area contributed by atoms with Crippen molar-refractivity contribution in [2.75, 3.05) is 5.75 Å². The van der Waals surface area contributed by atoms with E-state index in [1.807, 2.05) is 19.1 Å². The minimum Gasteiger partial charge on any atom is -0.451 e. The fourth-order valence-corrected chi connectivity index (χ4v) is 3.84. The standard InChI is InChI=1S/C14H13ClO2S/c1-14(6-3-7-18-14)13(16)11-8-9-4-2-5-10(15)12(9)17-11/h2,4-5,8H,3,6-7H2,1H3. The molecule has 4 heteroatoms. The molecule has 1 aliphatic heterocycles. The average molecular weight is 281 g/mol. The Morgan fingerprint density at radius 3 is 3.00 bits per heavy atom. The number of hydrogen-bond acceptors (Lipinski definition) is 3. The number of carbonyl (C=O) groups excluding carboxylic acids is 1. The zero-order chi connectivity index (χ0) is 12.8. The van der Waals surface area contributed by atoms with E-state index in [1.54, 1.807) is 23.9 Å². The third-order valence-electron chi connectivity index (χ3n) is 3.42. The lowest BCUT2D eigenvalue weighted by molar-refractivity contribution is 0.0923. The number of thioether (sulfide) groups is 1. The summed E-state index contributed by atoms with van der Waals surface area (Å²) in [6.07, 6.45) is 2.01. The van der Waals surface area contributed by atoms with Gasteiger partial charge in [-0.15, -0.1) is 11.8 Å². The molecule has 0 aliphatic carbocycles. The molecule has 0 radical (unpaired) electrons. The van der Waals surface area contributed by atoms with E-state index in [2.05, 4.69) is 0 Å². The molecule has 1 fully saturated rings. The van der Waals surface area contributed by atoms with Gasteiger partial charge in [-0.1, -0.05) is 23.7 Å². The number of halogens is 1. The lowest BCUT2D eigenvalue weighted by Gasteiger charge is -2.18. The number of benzene rings is 1. The second-order valence-corrected chi connectivity index (χ2v) is 6.79. The van der Waals surface area contributed by atoms with Gasteiger partial charge in [-0.05, 0) is 37.7 Å². The molecule has 0 bridgehead atoms. The van der Waals surface area contributed by atoms with Gasteiger partial charge in [-0.25, -0.2) is 0 Å². The molecule has 2 heterocycles. The van der Waals surface area contributed by atoms with Crippen LogP contribution in [0.2, 0.25) is 5.02 Å². The van der Waals surface area contributed by atoms with Crippen LogP contribution in [0.5, 0.6) is 0 Å². The fourth-order valence-electron chi connectivity index (χ4n) is 2.36. The Balaban J connectivity index is 2.04. The first-order valence-corrected chi connectivity index (χ1v) is 7.33. The molecule has 1 saturated heterocycles. The molecular weight excluding hydrogens is 268 g/mol. The van der Waals surface area contributed by atoms with Gasteiger partial charge in [0.1, 0.15) is 0 Å². The van der Waals surface area contributed by atoms with Crippen molar-refractivity contribution in [2.45, 2.75) is 24.5 Å². The first kappa shape index (κ1) is 12.1. The molecule has 2 nitrogen and oxygen atoms in total. The van der Waals surface area contributed by atoms with Gasteiger partial charge in [0.05, 0.1) is 9.77 Å². The van der Waals surface area contributed by atoms with Crippen molar-refractivity contribution in [1.82, 2.24) is 0 Å². The summed E-state index contributed by atoms with van der Waals surface area (Å²) in [4.78, 5) is 12.5. The van der Waals surface area contributed by atoms with Crippen molar-refractivity contribution in [3.63, 3.8) is 0 Å². The number of Topliss-reactive ketones (excluding diaryl/α,β-unsaturated/α-hetero) is 1. The van der Waals surface area contributed by atoms with Gasteiger partial charge in [0.15, 0.2) is 11.3 Å². The number of rotatable bonds is 2. The highest BCUT2D eigenvalue weighted by Gasteiger charge is 2.39. The first-order chi connectivity index (χ1) is 8.60. The average Bonchev–Trinajstić information content (AvgIpc) is 2.96. The van der Waals surface area contributed by atoms with Crippen LogP contribution in [0.4, 0.5) is 0 Å². The lowest BCUT2D eigenvalue weighted by Crippen LogP contribution is -2.28. The van der Waals surface area contributed by atoms with Crippen LogP contribution in [0.3, 0.4) is 0 Å². The molecule has 0 amide bonds. The van der Waals surface area contributed by atoms with Crippen molar-refractivity contribution >= 4 is 40.1 Å². The van der Waals surface area contributed by atoms with Crippen molar-refractivity contribution in [3.05, 3.63) is 35.0 Å². The van der Waals surface area contributed by atoms with E-state index in [0.717, 1.165) is 24.0 Å². The maximum absolute atomic E-state index is 12.5. The summed E-state index contributed by atoms with van der Waals surface area (Å²) in [5, 5.41) is 1.44. The van der Waals surface area contributed by atoms with E-state index in [-0.39, 0.29) is 10.5 Å². The number of hydrogen-bond donors (Lipinski definition) is 0. The molecule has 1 unspecified atom stereocenters. The van der Waals surface area contributed by atoms with Crippen molar-refractivity contribution in [1.29, 1.82) is 0 Å². The molecule has 2 aromatic rings. The van der Waals surface area contributed by atoms with Gasteiger partial charge >= 0.3 is 0 Å². The van der Waals surface area contributed by atoms with Crippen LogP contribution < -0.4 is 0 Å². The second-order valence-electron chi connectivity index (χ2n) is 4.78. The largest absolute Gasteiger partial charge is 0.451 e. The van der Waals surface area contributed by atoms with E-state index in [9.17, 15) is 4.79 Å². The highest BCUT2D eigenvalue weighted by atomic mass is 35.5. The van der Waals surface area contributed by atoms with Gasteiger partial charge < -0.3 is 4.42 Å². The molecule has 1 aromatic heterocycles. The molecular formula is C14H13ClO2S. The minimum atomic E-state index is -0.333. The van der Waals surface area contributed by atoms with Crippen LogP contribution in [0.25, 0.3) is 11.0 Å². The van der Waals surface area contributed by atoms with Gasteiger partial charge in [0.25, 0.3) is 0 Å². The number of furan rings is 1. The molecule has 0 spiro atoms. The molecule has 3 rings (SSSR count). The molecule has 94 valence electrons. The Morgan fingerprint density at radius 2 is 2.33 bits per heavy atom. The van der Waals surface area contributed by atoms with Gasteiger partial charge in [0.2, 0.25) is 5.78 Å². The smallest absolute Gasteiger partial charge is 0.213 e. The van der Waals surface area contributed by atoms with Crippen LogP contribution in [0.15, 0.2) is 28.7 Å². The first-order valence-electron chi connectivity index (χ1n) is 5.97. The van der Waals surface area contributed by atoms with E-state index in [0.29, 0.717) is 16.4 Å². The van der Waals surface area contributed by atoms with E-state index < -0.39 is 0 Å². The maximum Gasteiger partial charge on any atom is 0.213 e. The summed E-state index contributed by atoms with van der Waals surface area (Å²) in [5.74, 6) is 1.55. The second kappa shape index (κ2) is 4.32. The normalized spacial score (nSPS) is 23.7. The summed E-state index contributed by atoms with van der Waals surface area (Å²) in [6.45, 7) is 2.00. The monoisotopic (exact) mass is 280 g/mol. The molecule has 1 atom stereocenters. The van der Waals surface area contributed by atoms with Gasteiger partial charge in [-0.2, -0.15) is 0 Å². The van der Waals surface area contributed by atoms with Crippen LogP contribution in [0, 0.1) is 0 Å². The zero-order valence-corrected chi connectivity index (χ0v) is 11.6. The predicted octanol–water partition coefficient (Wildman–Crippen LogP) is 4.55. The quantitative estimate of drug-likeness (QED) is 0.756. The van der Waals surface area contributed by atoms with Gasteiger partial charge in [-0.3, -0.25) is 4.79 Å². The number of para-hydroxylation sites is 1. The number of ketones is 1. The SMILES string of the molecule is CC1(C(=O)c2cc3cccc(Cl)c3o2)CCCS1. The third-order valence-corrected chi connectivity index (χ3v) is 5.24. The summed E-state index contributed by atoms with van der Waals surface area (Å²) >= 11 is 7.78. The molecule has 0 saturated carbocycles.